The molecule has 0 heterocycles. The van der Waals surface area contributed by atoms with Crippen molar-refractivity contribution in [1.29, 1.82) is 5.26 Å². The summed E-state index contributed by atoms with van der Waals surface area (Å²) in [5.41, 5.74) is -1.35. The third-order valence-corrected chi connectivity index (χ3v) is 2.87. The predicted octanol–water partition coefficient (Wildman–Crippen LogP) is 2.97. The van der Waals surface area contributed by atoms with Crippen molar-refractivity contribution in [1.82, 2.24) is 0 Å². The molecular formula is C10H5BrF3NO2. The lowest BCUT2D eigenvalue weighted by molar-refractivity contribution is -0.138. The van der Waals surface area contributed by atoms with Crippen LogP contribution in [-0.4, -0.2) is 11.1 Å². The van der Waals surface area contributed by atoms with Gasteiger partial charge in [-0.25, -0.2) is 0 Å². The number of rotatable bonds is 2. The van der Waals surface area contributed by atoms with Gasteiger partial charge in [0.1, 0.15) is 6.07 Å². The molecule has 0 bridgehead atoms. The molecule has 1 rings (SSSR count). The highest BCUT2D eigenvalue weighted by molar-refractivity contribution is 9.10. The van der Waals surface area contributed by atoms with Gasteiger partial charge in [-0.15, -0.1) is 0 Å². The van der Waals surface area contributed by atoms with E-state index in [0.29, 0.717) is 6.07 Å². The van der Waals surface area contributed by atoms with Gasteiger partial charge in [-0.1, -0.05) is 0 Å². The Morgan fingerprint density at radius 3 is 2.47 bits per heavy atom. The fraction of sp³-hybridized carbons (Fsp3) is 0.200. The Morgan fingerprint density at radius 2 is 2.06 bits per heavy atom. The van der Waals surface area contributed by atoms with Gasteiger partial charge in [0.05, 0.1) is 17.5 Å². The fourth-order valence-corrected chi connectivity index (χ4v) is 1.68. The summed E-state index contributed by atoms with van der Waals surface area (Å²) in [4.78, 5) is 10.5. The quantitative estimate of drug-likeness (QED) is 0.913. The van der Waals surface area contributed by atoms with Gasteiger partial charge in [-0.2, -0.15) is 18.4 Å². The normalized spacial score (nSPS) is 11.0. The maximum Gasteiger partial charge on any atom is 0.416 e. The number of nitriles is 1. The van der Waals surface area contributed by atoms with Crippen molar-refractivity contribution in [3.8, 4) is 6.07 Å². The van der Waals surface area contributed by atoms with Crippen LogP contribution >= 0.6 is 15.9 Å². The second kappa shape index (κ2) is 4.75. The Balaban J connectivity index is 3.40. The number of nitrogens with zero attached hydrogens (tertiary/aromatic N) is 1. The number of benzene rings is 1. The smallest absolute Gasteiger partial charge is 0.416 e. The Kier molecular flexibility index (Phi) is 3.78. The van der Waals surface area contributed by atoms with Crippen LogP contribution in [0.15, 0.2) is 16.6 Å². The van der Waals surface area contributed by atoms with Crippen LogP contribution in [0.2, 0.25) is 0 Å². The SMILES string of the molecule is N#Cc1cc(C(F)(F)F)cc(CC(=O)O)c1Br. The number of hydrogen-bond acceptors (Lipinski definition) is 2. The molecule has 3 nitrogen and oxygen atoms in total. The number of alkyl halides is 3. The number of halogens is 4. The number of carboxylic acid groups (broad SMARTS) is 1. The van der Waals surface area contributed by atoms with Gasteiger partial charge in [0, 0.05) is 4.47 Å². The monoisotopic (exact) mass is 307 g/mol. The van der Waals surface area contributed by atoms with Crippen LogP contribution in [0.25, 0.3) is 0 Å². The molecule has 0 fully saturated rings. The van der Waals surface area contributed by atoms with E-state index in [2.05, 4.69) is 15.9 Å². The highest BCUT2D eigenvalue weighted by Gasteiger charge is 2.32. The molecule has 1 aromatic rings. The molecule has 90 valence electrons. The molecule has 17 heavy (non-hydrogen) atoms. The van der Waals surface area contributed by atoms with E-state index in [0.717, 1.165) is 6.07 Å². The highest BCUT2D eigenvalue weighted by atomic mass is 79.9. The van der Waals surface area contributed by atoms with E-state index in [4.69, 9.17) is 10.4 Å². The molecule has 7 heteroatoms. The molecule has 0 saturated carbocycles. The van der Waals surface area contributed by atoms with Crippen LogP contribution in [0.1, 0.15) is 16.7 Å². The average Bonchev–Trinajstić information content (AvgIpc) is 2.18. The van der Waals surface area contributed by atoms with Crippen molar-refractivity contribution in [3.63, 3.8) is 0 Å². The number of aliphatic carboxylic acids is 1. The van der Waals surface area contributed by atoms with E-state index in [9.17, 15) is 18.0 Å². The van der Waals surface area contributed by atoms with Crippen LogP contribution in [0, 0.1) is 11.3 Å². The Bertz CT molecular complexity index is 505. The van der Waals surface area contributed by atoms with Gasteiger partial charge in [-0.05, 0) is 33.6 Å². The van der Waals surface area contributed by atoms with Crippen LogP contribution in [0.5, 0.6) is 0 Å². The molecule has 0 aliphatic heterocycles. The summed E-state index contributed by atoms with van der Waals surface area (Å²) in [6.45, 7) is 0. The van der Waals surface area contributed by atoms with Crippen molar-refractivity contribution >= 4 is 21.9 Å². The van der Waals surface area contributed by atoms with Crippen molar-refractivity contribution in [2.45, 2.75) is 12.6 Å². The summed E-state index contributed by atoms with van der Waals surface area (Å²) in [7, 11) is 0. The maximum atomic E-state index is 12.5. The molecule has 0 aliphatic rings. The molecule has 0 radical (unpaired) electrons. The molecule has 0 atom stereocenters. The number of carboxylic acids is 1. The van der Waals surface area contributed by atoms with Crippen LogP contribution < -0.4 is 0 Å². The Labute approximate surface area is 103 Å². The van der Waals surface area contributed by atoms with E-state index in [-0.39, 0.29) is 15.6 Å². The average molecular weight is 308 g/mol. The van der Waals surface area contributed by atoms with Crippen molar-refractivity contribution in [3.05, 3.63) is 33.3 Å². The lowest BCUT2D eigenvalue weighted by atomic mass is 10.0. The summed E-state index contributed by atoms with van der Waals surface area (Å²) >= 11 is 2.92. The van der Waals surface area contributed by atoms with Gasteiger partial charge < -0.3 is 5.11 Å². The van der Waals surface area contributed by atoms with E-state index >= 15 is 0 Å². The first-order chi connectivity index (χ1) is 7.75. The maximum absolute atomic E-state index is 12.5. The topological polar surface area (TPSA) is 61.1 Å². The molecular weight excluding hydrogens is 303 g/mol. The van der Waals surface area contributed by atoms with Gasteiger partial charge in [-0.3, -0.25) is 4.79 Å². The number of hydrogen-bond donors (Lipinski definition) is 1. The summed E-state index contributed by atoms with van der Waals surface area (Å²) in [5.74, 6) is -1.27. The van der Waals surface area contributed by atoms with Crippen molar-refractivity contribution in [2.24, 2.45) is 0 Å². The van der Waals surface area contributed by atoms with Gasteiger partial charge in [0.2, 0.25) is 0 Å². The second-order valence-electron chi connectivity index (χ2n) is 3.18. The molecule has 0 unspecified atom stereocenters. The second-order valence-corrected chi connectivity index (χ2v) is 3.97. The minimum atomic E-state index is -4.61. The largest absolute Gasteiger partial charge is 0.481 e. The van der Waals surface area contributed by atoms with Crippen LogP contribution in [0.3, 0.4) is 0 Å². The first-order valence-corrected chi connectivity index (χ1v) is 5.06. The van der Waals surface area contributed by atoms with Crippen LogP contribution in [0.4, 0.5) is 13.2 Å². The van der Waals surface area contributed by atoms with E-state index in [1.807, 2.05) is 0 Å². The summed E-state index contributed by atoms with van der Waals surface area (Å²) in [5, 5.41) is 17.2. The Hall–Kier alpha value is -1.55. The van der Waals surface area contributed by atoms with E-state index < -0.39 is 24.1 Å². The lowest BCUT2D eigenvalue weighted by Crippen LogP contribution is -2.09. The summed E-state index contributed by atoms with van der Waals surface area (Å²) in [6, 6.07) is 2.98. The van der Waals surface area contributed by atoms with Crippen molar-refractivity contribution in [2.75, 3.05) is 0 Å². The molecule has 0 saturated heterocycles. The first-order valence-electron chi connectivity index (χ1n) is 4.27. The van der Waals surface area contributed by atoms with E-state index in [1.54, 1.807) is 6.07 Å². The lowest BCUT2D eigenvalue weighted by Gasteiger charge is -2.11. The minimum Gasteiger partial charge on any atom is -0.481 e. The van der Waals surface area contributed by atoms with Gasteiger partial charge in [0.25, 0.3) is 0 Å². The van der Waals surface area contributed by atoms with Crippen LogP contribution in [-0.2, 0) is 17.4 Å². The van der Waals surface area contributed by atoms with Gasteiger partial charge in [0.15, 0.2) is 0 Å². The standard InChI is InChI=1S/C10H5BrF3NO2/c11-9-5(3-8(16)17)1-7(10(12,13)14)2-6(9)4-15/h1-2H,3H2,(H,16,17). The predicted molar refractivity (Wildman–Crippen MR) is 55.2 cm³/mol. The minimum absolute atomic E-state index is 0.0791. The summed E-state index contributed by atoms with van der Waals surface area (Å²) in [6.07, 6.45) is -5.20. The molecule has 0 aliphatic carbocycles. The Morgan fingerprint density at radius 1 is 1.47 bits per heavy atom. The summed E-state index contributed by atoms with van der Waals surface area (Å²) < 4.78 is 37.5. The zero-order valence-corrected chi connectivity index (χ0v) is 9.76. The highest BCUT2D eigenvalue weighted by Crippen LogP contribution is 2.34. The number of carbonyl (C=O) groups is 1. The molecule has 1 aromatic carbocycles. The zero-order valence-electron chi connectivity index (χ0n) is 8.18. The molecule has 0 spiro atoms. The third kappa shape index (κ3) is 3.20. The zero-order chi connectivity index (χ0) is 13.2. The van der Waals surface area contributed by atoms with E-state index in [1.165, 1.54) is 0 Å². The van der Waals surface area contributed by atoms with Crippen molar-refractivity contribution < 1.29 is 23.1 Å². The third-order valence-electron chi connectivity index (χ3n) is 1.94. The first kappa shape index (κ1) is 13.5. The molecule has 1 N–H and O–H groups in total. The fourth-order valence-electron chi connectivity index (χ4n) is 1.22. The molecule has 0 aromatic heterocycles. The molecule has 0 amide bonds. The van der Waals surface area contributed by atoms with Gasteiger partial charge >= 0.3 is 12.1 Å².